The van der Waals surface area contributed by atoms with E-state index in [1.165, 1.54) is 24.3 Å². The average molecular weight is 478 g/mol. The Morgan fingerprint density at radius 2 is 1.75 bits per heavy atom. The fourth-order valence-electron chi connectivity index (χ4n) is 3.52. The van der Waals surface area contributed by atoms with Crippen LogP contribution in [-0.2, 0) is 14.8 Å². The molecule has 1 fully saturated rings. The summed E-state index contributed by atoms with van der Waals surface area (Å²) in [6.45, 7) is 5.68. The lowest BCUT2D eigenvalue weighted by atomic mass is 9.96. The standard InChI is InChI=1S/C23H28ClN3O4S/c1-16(2)14-25-22(28)18-4-3-13-27(15-18)23(29)17-5-9-20(10-6-17)26-32(30,31)21-11-7-19(24)8-12-21/h5-12,16,18,26H,3-4,13-15H2,1-2H3,(H,25,28)/t18-/m0/s1. The molecule has 0 saturated carbocycles. The Bertz CT molecular complexity index is 1050. The number of rotatable bonds is 7. The van der Waals surface area contributed by atoms with E-state index in [2.05, 4.69) is 10.0 Å². The summed E-state index contributed by atoms with van der Waals surface area (Å²) in [5.74, 6) is -0.0190. The Morgan fingerprint density at radius 1 is 1.09 bits per heavy atom. The zero-order valence-corrected chi connectivity index (χ0v) is 19.7. The number of anilines is 1. The van der Waals surface area contributed by atoms with Crippen molar-refractivity contribution in [1.82, 2.24) is 10.2 Å². The number of nitrogens with zero attached hydrogens (tertiary/aromatic N) is 1. The highest BCUT2D eigenvalue weighted by molar-refractivity contribution is 7.92. The Hall–Kier alpha value is -2.58. The van der Waals surface area contributed by atoms with Crippen LogP contribution in [0.5, 0.6) is 0 Å². The van der Waals surface area contributed by atoms with Crippen molar-refractivity contribution in [3.63, 3.8) is 0 Å². The molecule has 0 aliphatic carbocycles. The maximum absolute atomic E-state index is 12.9. The van der Waals surface area contributed by atoms with E-state index in [9.17, 15) is 18.0 Å². The van der Waals surface area contributed by atoms with Gasteiger partial charge in [-0.2, -0.15) is 0 Å². The predicted molar refractivity (Wildman–Crippen MR) is 125 cm³/mol. The van der Waals surface area contributed by atoms with Crippen LogP contribution in [0, 0.1) is 11.8 Å². The number of piperidine rings is 1. The minimum absolute atomic E-state index is 0.0110. The van der Waals surface area contributed by atoms with Crippen LogP contribution in [-0.4, -0.2) is 44.8 Å². The number of hydrogen-bond acceptors (Lipinski definition) is 4. The van der Waals surface area contributed by atoms with Gasteiger partial charge in [0.25, 0.3) is 15.9 Å². The van der Waals surface area contributed by atoms with Crippen LogP contribution in [0.4, 0.5) is 5.69 Å². The van der Waals surface area contributed by atoms with Gasteiger partial charge < -0.3 is 10.2 Å². The SMILES string of the molecule is CC(C)CNC(=O)[C@H]1CCCN(C(=O)c2ccc(NS(=O)(=O)c3ccc(Cl)cc3)cc2)C1. The minimum atomic E-state index is -3.76. The Labute approximate surface area is 194 Å². The van der Waals surface area contributed by atoms with Crippen LogP contribution in [0.1, 0.15) is 37.0 Å². The quantitative estimate of drug-likeness (QED) is 0.634. The first-order valence-electron chi connectivity index (χ1n) is 10.6. The molecule has 0 bridgehead atoms. The maximum Gasteiger partial charge on any atom is 0.261 e. The molecule has 1 aliphatic rings. The number of benzene rings is 2. The number of carbonyl (C=O) groups excluding carboxylic acids is 2. The monoisotopic (exact) mass is 477 g/mol. The summed E-state index contributed by atoms with van der Waals surface area (Å²) in [6, 6.07) is 12.1. The molecule has 0 radical (unpaired) electrons. The van der Waals surface area contributed by atoms with Crippen LogP contribution in [0.2, 0.25) is 5.02 Å². The lowest BCUT2D eigenvalue weighted by Crippen LogP contribution is -2.46. The molecule has 1 atom stereocenters. The number of likely N-dealkylation sites (tertiary alicyclic amines) is 1. The minimum Gasteiger partial charge on any atom is -0.356 e. The van der Waals surface area contributed by atoms with E-state index < -0.39 is 10.0 Å². The molecule has 9 heteroatoms. The van der Waals surface area contributed by atoms with Crippen LogP contribution >= 0.6 is 11.6 Å². The van der Waals surface area contributed by atoms with E-state index in [1.807, 2.05) is 13.8 Å². The first-order chi connectivity index (χ1) is 15.2. The lowest BCUT2D eigenvalue weighted by Gasteiger charge is -2.32. The summed E-state index contributed by atoms with van der Waals surface area (Å²) in [6.07, 6.45) is 1.53. The zero-order chi connectivity index (χ0) is 23.3. The Kier molecular flexibility index (Phi) is 7.79. The number of halogens is 1. The third-order valence-electron chi connectivity index (χ3n) is 5.27. The second-order valence-electron chi connectivity index (χ2n) is 8.37. The number of nitrogens with one attached hydrogen (secondary N) is 2. The van der Waals surface area contributed by atoms with Gasteiger partial charge in [-0.15, -0.1) is 0 Å². The van der Waals surface area contributed by atoms with E-state index in [4.69, 9.17) is 11.6 Å². The molecule has 0 spiro atoms. The van der Waals surface area contributed by atoms with Crippen molar-refractivity contribution in [2.45, 2.75) is 31.6 Å². The highest BCUT2D eigenvalue weighted by Crippen LogP contribution is 2.22. The molecule has 2 aromatic carbocycles. The van der Waals surface area contributed by atoms with Crippen molar-refractivity contribution >= 4 is 39.1 Å². The van der Waals surface area contributed by atoms with Gasteiger partial charge in [0.1, 0.15) is 0 Å². The maximum atomic E-state index is 12.9. The van der Waals surface area contributed by atoms with Crippen molar-refractivity contribution in [3.05, 3.63) is 59.1 Å². The topological polar surface area (TPSA) is 95.6 Å². The van der Waals surface area contributed by atoms with Gasteiger partial charge in [0.15, 0.2) is 0 Å². The van der Waals surface area contributed by atoms with E-state index in [1.54, 1.807) is 29.2 Å². The Morgan fingerprint density at radius 3 is 2.38 bits per heavy atom. The van der Waals surface area contributed by atoms with Gasteiger partial charge in [-0.1, -0.05) is 25.4 Å². The second kappa shape index (κ2) is 10.4. The number of amides is 2. The van der Waals surface area contributed by atoms with Gasteiger partial charge in [-0.25, -0.2) is 8.42 Å². The summed E-state index contributed by atoms with van der Waals surface area (Å²) in [7, 11) is -3.76. The number of sulfonamides is 1. The first kappa shape index (κ1) is 24.1. The molecule has 2 aromatic rings. The molecular weight excluding hydrogens is 450 g/mol. The summed E-state index contributed by atoms with van der Waals surface area (Å²) in [5, 5.41) is 3.40. The summed E-state index contributed by atoms with van der Waals surface area (Å²) in [4.78, 5) is 27.1. The third-order valence-corrected chi connectivity index (χ3v) is 6.92. The average Bonchev–Trinajstić information content (AvgIpc) is 2.77. The molecule has 1 heterocycles. The Balaban J connectivity index is 1.63. The normalized spacial score (nSPS) is 16.6. The van der Waals surface area contributed by atoms with Gasteiger partial charge in [-0.3, -0.25) is 14.3 Å². The molecule has 32 heavy (non-hydrogen) atoms. The van der Waals surface area contributed by atoms with Crippen molar-refractivity contribution in [3.8, 4) is 0 Å². The lowest BCUT2D eigenvalue weighted by molar-refractivity contribution is -0.126. The highest BCUT2D eigenvalue weighted by Gasteiger charge is 2.29. The van der Waals surface area contributed by atoms with Gasteiger partial charge in [0.05, 0.1) is 10.8 Å². The smallest absolute Gasteiger partial charge is 0.261 e. The highest BCUT2D eigenvalue weighted by atomic mass is 35.5. The molecule has 1 aliphatic heterocycles. The van der Waals surface area contributed by atoms with Crippen molar-refractivity contribution < 1.29 is 18.0 Å². The molecule has 0 aromatic heterocycles. The van der Waals surface area contributed by atoms with Crippen LogP contribution in [0.3, 0.4) is 0 Å². The van der Waals surface area contributed by atoms with Gasteiger partial charge >= 0.3 is 0 Å². The van der Waals surface area contributed by atoms with Crippen LogP contribution < -0.4 is 10.0 Å². The van der Waals surface area contributed by atoms with E-state index in [0.29, 0.717) is 41.8 Å². The zero-order valence-electron chi connectivity index (χ0n) is 18.2. The fraction of sp³-hybridized carbons (Fsp3) is 0.391. The number of carbonyl (C=O) groups is 2. The van der Waals surface area contributed by atoms with Gasteiger partial charge in [0, 0.05) is 35.9 Å². The molecule has 0 unspecified atom stereocenters. The van der Waals surface area contributed by atoms with E-state index in [0.717, 1.165) is 12.8 Å². The predicted octanol–water partition coefficient (Wildman–Crippen LogP) is 3.77. The third kappa shape index (κ3) is 6.23. The van der Waals surface area contributed by atoms with E-state index >= 15 is 0 Å². The van der Waals surface area contributed by atoms with Crippen molar-refractivity contribution in [1.29, 1.82) is 0 Å². The molecule has 7 nitrogen and oxygen atoms in total. The molecule has 3 rings (SSSR count). The van der Waals surface area contributed by atoms with Gasteiger partial charge in [-0.05, 0) is 67.3 Å². The summed E-state index contributed by atoms with van der Waals surface area (Å²) < 4.78 is 27.5. The van der Waals surface area contributed by atoms with Crippen molar-refractivity contribution in [2.75, 3.05) is 24.4 Å². The summed E-state index contributed by atoms with van der Waals surface area (Å²) >= 11 is 5.81. The summed E-state index contributed by atoms with van der Waals surface area (Å²) in [5.41, 5.74) is 0.795. The van der Waals surface area contributed by atoms with Crippen molar-refractivity contribution in [2.24, 2.45) is 11.8 Å². The van der Waals surface area contributed by atoms with Gasteiger partial charge in [0.2, 0.25) is 5.91 Å². The van der Waals surface area contributed by atoms with Crippen LogP contribution in [0.25, 0.3) is 0 Å². The molecule has 172 valence electrons. The first-order valence-corrected chi connectivity index (χ1v) is 12.5. The largest absolute Gasteiger partial charge is 0.356 e. The molecular formula is C23H28ClN3O4S. The second-order valence-corrected chi connectivity index (χ2v) is 10.5. The molecule has 2 N–H and O–H groups in total. The molecule has 2 amide bonds. The molecule has 1 saturated heterocycles. The number of hydrogen-bond donors (Lipinski definition) is 2. The van der Waals surface area contributed by atoms with E-state index in [-0.39, 0.29) is 22.6 Å². The fourth-order valence-corrected chi connectivity index (χ4v) is 4.70. The van der Waals surface area contributed by atoms with Crippen LogP contribution in [0.15, 0.2) is 53.4 Å².